The maximum atomic E-state index is 9.72. The topological polar surface area (TPSA) is 20.2 Å². The highest BCUT2D eigenvalue weighted by atomic mass is 35.5. The average Bonchev–Trinajstić information content (AvgIpc) is 2.27. The number of aliphatic hydroxyl groups is 1. The Balaban J connectivity index is 2.63. The zero-order valence-corrected chi connectivity index (χ0v) is 9.37. The molecule has 0 aromatic heterocycles. The molecule has 15 heavy (non-hydrogen) atoms. The van der Waals surface area contributed by atoms with Crippen LogP contribution in [0.25, 0.3) is 6.08 Å². The first-order valence-electron chi connectivity index (χ1n) is 4.94. The van der Waals surface area contributed by atoms with Crippen molar-refractivity contribution in [2.75, 3.05) is 5.88 Å². The van der Waals surface area contributed by atoms with Crippen LogP contribution in [-0.4, -0.2) is 11.0 Å². The van der Waals surface area contributed by atoms with Crippen molar-refractivity contribution in [1.82, 2.24) is 0 Å². The predicted octanol–water partition coefficient (Wildman–Crippen LogP) is 4.16. The second-order valence-corrected chi connectivity index (χ2v) is 3.71. The Morgan fingerprint density at radius 1 is 1.33 bits per heavy atom. The highest BCUT2D eigenvalue weighted by Gasteiger charge is 1.99. The SMILES string of the molecule is C=C(CCCCl)/C(O)=C\c1ccccc1. The van der Waals surface area contributed by atoms with E-state index < -0.39 is 0 Å². The molecular weight excluding hydrogens is 208 g/mol. The van der Waals surface area contributed by atoms with E-state index in [1.807, 2.05) is 30.3 Å². The van der Waals surface area contributed by atoms with Gasteiger partial charge in [-0.3, -0.25) is 0 Å². The molecular formula is C13H15ClO. The van der Waals surface area contributed by atoms with Gasteiger partial charge in [-0.2, -0.15) is 0 Å². The number of benzene rings is 1. The molecule has 0 radical (unpaired) electrons. The van der Waals surface area contributed by atoms with Crippen LogP contribution >= 0.6 is 11.6 Å². The van der Waals surface area contributed by atoms with Crippen LogP contribution in [0, 0.1) is 0 Å². The number of halogens is 1. The third kappa shape index (κ3) is 4.22. The van der Waals surface area contributed by atoms with Crippen molar-refractivity contribution in [3.63, 3.8) is 0 Å². The number of allylic oxidation sites excluding steroid dienone is 1. The number of rotatable bonds is 5. The Morgan fingerprint density at radius 3 is 2.60 bits per heavy atom. The summed E-state index contributed by atoms with van der Waals surface area (Å²) in [6.45, 7) is 3.81. The highest BCUT2D eigenvalue weighted by molar-refractivity contribution is 6.17. The van der Waals surface area contributed by atoms with Gasteiger partial charge in [0.1, 0.15) is 5.76 Å². The minimum Gasteiger partial charge on any atom is -0.508 e. The highest BCUT2D eigenvalue weighted by Crippen LogP contribution is 2.15. The lowest BCUT2D eigenvalue weighted by Crippen LogP contribution is -1.88. The molecule has 0 spiro atoms. The zero-order valence-electron chi connectivity index (χ0n) is 8.62. The molecule has 1 rings (SSSR count). The standard InChI is InChI=1S/C13H15ClO/c1-11(6-5-9-14)13(15)10-12-7-3-2-4-8-12/h2-4,7-8,10,15H,1,5-6,9H2/b13-10+. The van der Waals surface area contributed by atoms with Gasteiger partial charge in [-0.1, -0.05) is 36.9 Å². The minimum atomic E-state index is 0.242. The van der Waals surface area contributed by atoms with Crippen LogP contribution in [0.2, 0.25) is 0 Å². The predicted molar refractivity (Wildman–Crippen MR) is 66.1 cm³/mol. The van der Waals surface area contributed by atoms with E-state index in [0.717, 1.165) is 24.0 Å². The smallest absolute Gasteiger partial charge is 0.118 e. The largest absolute Gasteiger partial charge is 0.508 e. The van der Waals surface area contributed by atoms with Crippen LogP contribution in [0.5, 0.6) is 0 Å². The van der Waals surface area contributed by atoms with Gasteiger partial charge in [0.2, 0.25) is 0 Å². The summed E-state index contributed by atoms with van der Waals surface area (Å²) in [5.41, 5.74) is 1.71. The van der Waals surface area contributed by atoms with Gasteiger partial charge in [0.25, 0.3) is 0 Å². The first-order chi connectivity index (χ1) is 7.24. The lowest BCUT2D eigenvalue weighted by atomic mass is 10.1. The van der Waals surface area contributed by atoms with E-state index >= 15 is 0 Å². The molecule has 2 heteroatoms. The lowest BCUT2D eigenvalue weighted by molar-refractivity contribution is 0.424. The summed E-state index contributed by atoms with van der Waals surface area (Å²) in [7, 11) is 0. The third-order valence-electron chi connectivity index (χ3n) is 2.08. The van der Waals surface area contributed by atoms with Crippen molar-refractivity contribution in [3.8, 4) is 0 Å². The van der Waals surface area contributed by atoms with E-state index in [9.17, 15) is 5.11 Å². The Morgan fingerprint density at radius 2 is 2.00 bits per heavy atom. The van der Waals surface area contributed by atoms with E-state index in [0.29, 0.717) is 5.88 Å². The first kappa shape index (κ1) is 11.9. The summed E-state index contributed by atoms with van der Waals surface area (Å²) in [4.78, 5) is 0. The van der Waals surface area contributed by atoms with Gasteiger partial charge in [-0.05, 0) is 30.1 Å². The van der Waals surface area contributed by atoms with Crippen molar-refractivity contribution in [2.45, 2.75) is 12.8 Å². The average molecular weight is 223 g/mol. The molecule has 0 aliphatic carbocycles. The summed E-state index contributed by atoms with van der Waals surface area (Å²) < 4.78 is 0. The molecule has 0 bridgehead atoms. The third-order valence-corrected chi connectivity index (χ3v) is 2.34. The molecule has 0 saturated carbocycles. The Hall–Kier alpha value is -1.21. The first-order valence-corrected chi connectivity index (χ1v) is 5.47. The summed E-state index contributed by atoms with van der Waals surface area (Å²) in [5, 5.41) is 9.72. The molecule has 80 valence electrons. The molecule has 0 atom stereocenters. The van der Waals surface area contributed by atoms with Crippen molar-refractivity contribution in [1.29, 1.82) is 0 Å². The molecule has 0 saturated heterocycles. The second-order valence-electron chi connectivity index (χ2n) is 3.34. The maximum Gasteiger partial charge on any atom is 0.118 e. The summed E-state index contributed by atoms with van der Waals surface area (Å²) in [5.74, 6) is 0.837. The van der Waals surface area contributed by atoms with Gasteiger partial charge in [-0.15, -0.1) is 11.6 Å². The molecule has 1 nitrogen and oxygen atoms in total. The molecule has 0 aliphatic heterocycles. The number of hydrogen-bond acceptors (Lipinski definition) is 1. The van der Waals surface area contributed by atoms with Gasteiger partial charge in [-0.25, -0.2) is 0 Å². The molecule has 0 aliphatic rings. The van der Waals surface area contributed by atoms with Crippen molar-refractivity contribution >= 4 is 17.7 Å². The van der Waals surface area contributed by atoms with Crippen LogP contribution < -0.4 is 0 Å². The molecule has 0 unspecified atom stereocenters. The lowest BCUT2D eigenvalue weighted by Gasteiger charge is -2.03. The summed E-state index contributed by atoms with van der Waals surface area (Å²) >= 11 is 5.57. The van der Waals surface area contributed by atoms with E-state index in [-0.39, 0.29) is 5.76 Å². The monoisotopic (exact) mass is 222 g/mol. The minimum absolute atomic E-state index is 0.242. The number of alkyl halides is 1. The Bertz CT molecular complexity index is 341. The molecule has 1 aromatic carbocycles. The summed E-state index contributed by atoms with van der Waals surface area (Å²) in [6.07, 6.45) is 3.29. The fraction of sp³-hybridized carbons (Fsp3) is 0.231. The Kier molecular flexibility index (Phi) is 4.99. The molecule has 1 N–H and O–H groups in total. The van der Waals surface area contributed by atoms with Crippen molar-refractivity contribution < 1.29 is 5.11 Å². The molecule has 0 heterocycles. The van der Waals surface area contributed by atoms with Gasteiger partial charge < -0.3 is 5.11 Å². The Labute approximate surface area is 95.7 Å². The fourth-order valence-electron chi connectivity index (χ4n) is 1.22. The van der Waals surface area contributed by atoms with Crippen LogP contribution in [0.1, 0.15) is 18.4 Å². The van der Waals surface area contributed by atoms with Crippen LogP contribution in [-0.2, 0) is 0 Å². The van der Waals surface area contributed by atoms with Gasteiger partial charge in [0.05, 0.1) is 0 Å². The maximum absolute atomic E-state index is 9.72. The zero-order chi connectivity index (χ0) is 11.1. The van der Waals surface area contributed by atoms with Gasteiger partial charge in [0, 0.05) is 5.88 Å². The quantitative estimate of drug-likeness (QED) is 0.451. The number of hydrogen-bond donors (Lipinski definition) is 1. The van der Waals surface area contributed by atoms with E-state index in [4.69, 9.17) is 11.6 Å². The molecule has 0 fully saturated rings. The van der Waals surface area contributed by atoms with E-state index in [1.54, 1.807) is 6.08 Å². The number of aliphatic hydroxyl groups excluding tert-OH is 1. The van der Waals surface area contributed by atoms with Crippen molar-refractivity contribution in [2.24, 2.45) is 0 Å². The van der Waals surface area contributed by atoms with Crippen molar-refractivity contribution in [3.05, 3.63) is 53.8 Å². The normalized spacial score (nSPS) is 11.4. The van der Waals surface area contributed by atoms with Crippen LogP contribution in [0.3, 0.4) is 0 Å². The molecule has 1 aromatic rings. The second kappa shape index (κ2) is 6.31. The van der Waals surface area contributed by atoms with E-state index in [1.165, 1.54) is 0 Å². The van der Waals surface area contributed by atoms with Crippen LogP contribution in [0.4, 0.5) is 0 Å². The van der Waals surface area contributed by atoms with Crippen LogP contribution in [0.15, 0.2) is 48.2 Å². The molecule has 0 amide bonds. The fourth-order valence-corrected chi connectivity index (χ4v) is 1.35. The van der Waals surface area contributed by atoms with E-state index in [2.05, 4.69) is 6.58 Å². The van der Waals surface area contributed by atoms with Gasteiger partial charge >= 0.3 is 0 Å². The van der Waals surface area contributed by atoms with Gasteiger partial charge in [0.15, 0.2) is 0 Å². The summed E-state index contributed by atoms with van der Waals surface area (Å²) in [6, 6.07) is 9.67.